The van der Waals surface area contributed by atoms with Gasteiger partial charge in [0.2, 0.25) is 0 Å². The number of aromatic nitrogens is 2. The molecule has 0 saturated carbocycles. The number of alkyl halides is 3. The van der Waals surface area contributed by atoms with Crippen LogP contribution in [-0.4, -0.2) is 47.6 Å². The highest BCUT2D eigenvalue weighted by molar-refractivity contribution is 6.03. The largest absolute Gasteiger partial charge is 0.462 e. The van der Waals surface area contributed by atoms with Crippen LogP contribution >= 0.6 is 0 Å². The van der Waals surface area contributed by atoms with Crippen molar-refractivity contribution in [2.24, 2.45) is 0 Å². The van der Waals surface area contributed by atoms with Crippen LogP contribution < -0.4 is 0 Å². The predicted octanol–water partition coefficient (Wildman–Crippen LogP) is 5.75. The maximum atomic E-state index is 13.5. The molecule has 1 fully saturated rings. The Morgan fingerprint density at radius 1 is 1.15 bits per heavy atom. The SMILES string of the molecule is CCOC(=O)c1c(C2CCN(C)CC2)[nH]c(-c2cccc(C(F)(F)F)c2)c1-c1ccncc1. The van der Waals surface area contributed by atoms with Gasteiger partial charge in [-0.3, -0.25) is 4.98 Å². The third-order valence-electron chi connectivity index (χ3n) is 6.08. The van der Waals surface area contributed by atoms with Gasteiger partial charge in [0.1, 0.15) is 0 Å². The second-order valence-corrected chi connectivity index (χ2v) is 8.28. The first-order valence-corrected chi connectivity index (χ1v) is 11.0. The number of esters is 1. The van der Waals surface area contributed by atoms with Gasteiger partial charge in [0.05, 0.1) is 23.4 Å². The number of piperidine rings is 1. The first kappa shape index (κ1) is 23.0. The molecule has 3 aromatic rings. The van der Waals surface area contributed by atoms with Gasteiger partial charge in [0.15, 0.2) is 0 Å². The molecule has 0 spiro atoms. The maximum absolute atomic E-state index is 13.5. The molecular weight excluding hydrogens is 431 g/mol. The molecule has 174 valence electrons. The fraction of sp³-hybridized carbons (Fsp3) is 0.360. The van der Waals surface area contributed by atoms with Crippen LogP contribution in [0, 0.1) is 0 Å². The minimum atomic E-state index is -4.47. The average Bonchev–Trinajstić information content (AvgIpc) is 3.21. The average molecular weight is 457 g/mol. The summed E-state index contributed by atoms with van der Waals surface area (Å²) in [4.78, 5) is 22.8. The van der Waals surface area contributed by atoms with E-state index in [1.807, 2.05) is 7.05 Å². The fourth-order valence-electron chi connectivity index (χ4n) is 4.41. The number of ether oxygens (including phenoxy) is 1. The monoisotopic (exact) mass is 457 g/mol. The van der Waals surface area contributed by atoms with Crippen molar-refractivity contribution in [3.8, 4) is 22.4 Å². The van der Waals surface area contributed by atoms with Gasteiger partial charge in [-0.2, -0.15) is 13.2 Å². The molecule has 4 rings (SSSR count). The summed E-state index contributed by atoms with van der Waals surface area (Å²) < 4.78 is 45.8. The summed E-state index contributed by atoms with van der Waals surface area (Å²) in [6.45, 7) is 3.68. The second-order valence-electron chi connectivity index (χ2n) is 8.28. The number of benzene rings is 1. The van der Waals surface area contributed by atoms with Gasteiger partial charge in [0.25, 0.3) is 0 Å². The number of nitrogens with zero attached hydrogens (tertiary/aromatic N) is 2. The van der Waals surface area contributed by atoms with E-state index in [4.69, 9.17) is 4.74 Å². The lowest BCUT2D eigenvalue weighted by atomic mass is 9.89. The molecule has 2 aromatic heterocycles. The number of hydrogen-bond acceptors (Lipinski definition) is 4. The van der Waals surface area contributed by atoms with Gasteiger partial charge in [-0.15, -0.1) is 0 Å². The molecule has 33 heavy (non-hydrogen) atoms. The molecule has 1 saturated heterocycles. The summed E-state index contributed by atoms with van der Waals surface area (Å²) in [7, 11) is 2.05. The Kier molecular flexibility index (Phi) is 6.56. The van der Waals surface area contributed by atoms with E-state index >= 15 is 0 Å². The van der Waals surface area contributed by atoms with Gasteiger partial charge in [-0.25, -0.2) is 4.79 Å². The predicted molar refractivity (Wildman–Crippen MR) is 120 cm³/mol. The Bertz CT molecular complexity index is 1120. The van der Waals surface area contributed by atoms with Crippen molar-refractivity contribution in [1.82, 2.24) is 14.9 Å². The second kappa shape index (κ2) is 9.39. The molecule has 0 bridgehead atoms. The van der Waals surface area contributed by atoms with Crippen molar-refractivity contribution in [2.45, 2.75) is 31.9 Å². The lowest BCUT2D eigenvalue weighted by Crippen LogP contribution is -2.30. The van der Waals surface area contributed by atoms with E-state index in [1.165, 1.54) is 6.07 Å². The molecule has 0 unspecified atom stereocenters. The van der Waals surface area contributed by atoms with Crippen LogP contribution in [-0.2, 0) is 10.9 Å². The Labute approximate surface area is 190 Å². The van der Waals surface area contributed by atoms with Crippen LogP contribution in [0.2, 0.25) is 0 Å². The molecule has 1 aliphatic rings. The molecule has 3 heterocycles. The number of halogens is 3. The van der Waals surface area contributed by atoms with Crippen LogP contribution in [0.1, 0.15) is 47.3 Å². The number of hydrogen-bond donors (Lipinski definition) is 1. The topological polar surface area (TPSA) is 58.2 Å². The molecule has 0 radical (unpaired) electrons. The van der Waals surface area contributed by atoms with Crippen LogP contribution in [0.25, 0.3) is 22.4 Å². The number of nitrogens with one attached hydrogen (secondary N) is 1. The minimum absolute atomic E-state index is 0.0701. The summed E-state index contributed by atoms with van der Waals surface area (Å²) in [5, 5.41) is 0. The van der Waals surface area contributed by atoms with Crippen LogP contribution in [0.4, 0.5) is 13.2 Å². The van der Waals surface area contributed by atoms with Crippen molar-refractivity contribution in [3.63, 3.8) is 0 Å². The molecule has 8 heteroatoms. The highest BCUT2D eigenvalue weighted by Gasteiger charge is 2.33. The zero-order chi connectivity index (χ0) is 23.6. The zero-order valence-electron chi connectivity index (χ0n) is 18.6. The first-order valence-electron chi connectivity index (χ1n) is 11.0. The van der Waals surface area contributed by atoms with Crippen LogP contribution in [0.3, 0.4) is 0 Å². The Hall–Kier alpha value is -3.13. The number of pyridine rings is 1. The molecule has 1 aromatic carbocycles. The first-order chi connectivity index (χ1) is 15.8. The van der Waals surface area contributed by atoms with E-state index in [-0.39, 0.29) is 12.5 Å². The Balaban J connectivity index is 1.96. The number of carbonyl (C=O) groups is 1. The molecule has 0 aliphatic carbocycles. The smallest absolute Gasteiger partial charge is 0.416 e. The lowest BCUT2D eigenvalue weighted by molar-refractivity contribution is -0.137. The molecule has 0 amide bonds. The summed E-state index contributed by atoms with van der Waals surface area (Å²) in [6.07, 6.45) is 0.396. The molecular formula is C25H26F3N3O2. The number of rotatable bonds is 5. The quantitative estimate of drug-likeness (QED) is 0.496. The zero-order valence-corrected chi connectivity index (χ0v) is 18.6. The van der Waals surface area contributed by atoms with E-state index in [0.29, 0.717) is 27.9 Å². The number of carbonyl (C=O) groups excluding carboxylic acids is 1. The van der Waals surface area contributed by atoms with Crippen LogP contribution in [0.5, 0.6) is 0 Å². The van der Waals surface area contributed by atoms with E-state index < -0.39 is 17.7 Å². The Morgan fingerprint density at radius 3 is 2.48 bits per heavy atom. The van der Waals surface area contributed by atoms with Crippen LogP contribution in [0.15, 0.2) is 48.8 Å². The third-order valence-corrected chi connectivity index (χ3v) is 6.08. The van der Waals surface area contributed by atoms with Crippen molar-refractivity contribution >= 4 is 5.97 Å². The van der Waals surface area contributed by atoms with E-state index in [0.717, 1.165) is 43.8 Å². The number of H-pyrrole nitrogens is 1. The van der Waals surface area contributed by atoms with Crippen molar-refractivity contribution in [3.05, 3.63) is 65.6 Å². The van der Waals surface area contributed by atoms with Gasteiger partial charge >= 0.3 is 12.1 Å². The third kappa shape index (κ3) is 4.80. The summed E-state index contributed by atoms with van der Waals surface area (Å²) in [5.74, 6) is -0.409. The van der Waals surface area contributed by atoms with Crippen molar-refractivity contribution in [1.29, 1.82) is 0 Å². The van der Waals surface area contributed by atoms with E-state index in [1.54, 1.807) is 37.5 Å². The fourth-order valence-corrected chi connectivity index (χ4v) is 4.41. The maximum Gasteiger partial charge on any atom is 0.416 e. The van der Waals surface area contributed by atoms with Gasteiger partial charge < -0.3 is 14.6 Å². The van der Waals surface area contributed by atoms with Gasteiger partial charge in [0, 0.05) is 29.6 Å². The van der Waals surface area contributed by atoms with E-state index in [2.05, 4.69) is 14.9 Å². The van der Waals surface area contributed by atoms with Gasteiger partial charge in [-0.1, -0.05) is 12.1 Å². The summed E-state index contributed by atoms with van der Waals surface area (Å²) in [5.41, 5.74) is 2.45. The normalized spacial score (nSPS) is 15.5. The molecule has 1 N–H and O–H groups in total. The summed E-state index contributed by atoms with van der Waals surface area (Å²) >= 11 is 0. The van der Waals surface area contributed by atoms with Gasteiger partial charge in [-0.05, 0) is 75.3 Å². The number of aromatic amines is 1. The standard InChI is InChI=1S/C25H26F3N3O2/c1-3-33-24(32)21-20(16-7-11-29-12-8-16)23(18-5-4-6-19(15-18)25(26,27)28)30-22(21)17-9-13-31(2)14-10-17/h4-8,11-12,15,17,30H,3,9-10,13-14H2,1-2H3. The van der Waals surface area contributed by atoms with E-state index in [9.17, 15) is 18.0 Å². The molecule has 5 nitrogen and oxygen atoms in total. The van der Waals surface area contributed by atoms with Crippen molar-refractivity contribution in [2.75, 3.05) is 26.7 Å². The Morgan fingerprint density at radius 2 is 1.85 bits per heavy atom. The highest BCUT2D eigenvalue weighted by Crippen LogP contribution is 2.42. The minimum Gasteiger partial charge on any atom is -0.462 e. The highest BCUT2D eigenvalue weighted by atomic mass is 19.4. The van der Waals surface area contributed by atoms with Crippen molar-refractivity contribution < 1.29 is 22.7 Å². The number of likely N-dealkylation sites (tertiary alicyclic amines) is 1. The summed E-state index contributed by atoms with van der Waals surface area (Å²) in [6, 6.07) is 8.67. The molecule has 0 atom stereocenters. The lowest BCUT2D eigenvalue weighted by Gasteiger charge is -2.29. The molecule has 1 aliphatic heterocycles.